The number of ketones is 1. The first-order valence-electron chi connectivity index (χ1n) is 11.6. The van der Waals surface area contributed by atoms with Crippen LogP contribution >= 0.6 is 23.5 Å². The summed E-state index contributed by atoms with van der Waals surface area (Å²) in [5.74, 6) is -0.169. The highest BCUT2D eigenvalue weighted by Crippen LogP contribution is 2.60. The molecule has 4 aromatic rings. The molecule has 2 aliphatic heterocycles. The minimum absolute atomic E-state index is 0.0540. The largest absolute Gasteiger partial charge is 0.306 e. The first kappa shape index (κ1) is 21.8. The van der Waals surface area contributed by atoms with Gasteiger partial charge in [-0.15, -0.1) is 0 Å². The molecule has 0 atom stereocenters. The number of allylic oxidation sites excluding steroid dienone is 3. The maximum Gasteiger partial charge on any atom is 0.194 e. The summed E-state index contributed by atoms with van der Waals surface area (Å²) in [6.45, 7) is 0. The number of carbonyl (C=O) groups is 1. The summed E-state index contributed by atoms with van der Waals surface area (Å²) in [6.07, 6.45) is 1.83. The molecule has 6 heteroatoms. The number of anilines is 3. The average Bonchev–Trinajstić information content (AvgIpc) is 3.20. The molecule has 0 spiro atoms. The van der Waals surface area contributed by atoms with Crippen molar-refractivity contribution in [1.29, 1.82) is 10.5 Å². The fourth-order valence-corrected chi connectivity index (χ4v) is 7.48. The van der Waals surface area contributed by atoms with Gasteiger partial charge in [0.05, 0.1) is 17.1 Å². The van der Waals surface area contributed by atoms with Crippen molar-refractivity contribution in [1.82, 2.24) is 0 Å². The molecule has 37 heavy (non-hydrogen) atoms. The number of Topliss-reactive ketones (excluding diaryl/α,β-unsaturated/α-hetero) is 1. The highest BCUT2D eigenvalue weighted by molar-refractivity contribution is 8.00. The summed E-state index contributed by atoms with van der Waals surface area (Å²) in [5, 5.41) is 19.3. The smallest absolute Gasteiger partial charge is 0.194 e. The van der Waals surface area contributed by atoms with E-state index >= 15 is 0 Å². The van der Waals surface area contributed by atoms with Gasteiger partial charge in [0.1, 0.15) is 17.7 Å². The monoisotopic (exact) mass is 509 g/mol. The topological polar surface area (TPSA) is 67.9 Å². The fraction of sp³-hybridized carbons (Fsp3) is 0. The maximum absolute atomic E-state index is 13.4. The summed E-state index contributed by atoms with van der Waals surface area (Å²) in [7, 11) is 0. The van der Waals surface area contributed by atoms with Gasteiger partial charge in [-0.3, -0.25) is 4.79 Å². The van der Waals surface area contributed by atoms with Gasteiger partial charge < -0.3 is 4.90 Å². The number of para-hydroxylation sites is 2. The fourth-order valence-electron chi connectivity index (χ4n) is 5.14. The van der Waals surface area contributed by atoms with Crippen LogP contribution in [0.1, 0.15) is 21.5 Å². The summed E-state index contributed by atoms with van der Waals surface area (Å²) >= 11 is 3.43. The molecule has 0 N–H and O–H groups in total. The van der Waals surface area contributed by atoms with Crippen LogP contribution in [0.4, 0.5) is 17.1 Å². The number of benzene rings is 4. The van der Waals surface area contributed by atoms with Crippen molar-refractivity contribution in [3.05, 3.63) is 113 Å². The molecule has 4 nitrogen and oxygen atoms in total. The van der Waals surface area contributed by atoms with Crippen LogP contribution in [0.3, 0.4) is 0 Å². The van der Waals surface area contributed by atoms with Crippen LogP contribution in [-0.2, 0) is 0 Å². The van der Waals surface area contributed by atoms with Gasteiger partial charge in [0, 0.05) is 36.3 Å². The minimum atomic E-state index is -0.169. The Morgan fingerprint density at radius 2 is 1.27 bits per heavy atom. The Morgan fingerprint density at radius 1 is 0.730 bits per heavy atom. The molecule has 0 unspecified atom stereocenters. The summed E-state index contributed by atoms with van der Waals surface area (Å²) in [6, 6.07) is 32.1. The van der Waals surface area contributed by atoms with E-state index in [1.54, 1.807) is 41.7 Å². The summed E-state index contributed by atoms with van der Waals surface area (Å²) in [4.78, 5) is 20.3. The first-order chi connectivity index (χ1) is 18.2. The van der Waals surface area contributed by atoms with E-state index in [2.05, 4.69) is 53.4 Å². The lowest BCUT2D eigenvalue weighted by atomic mass is 9.98. The van der Waals surface area contributed by atoms with Crippen molar-refractivity contribution < 1.29 is 4.79 Å². The SMILES string of the molecule is N#CC(C#N)=C1/C(=C/c2cc3c4c(c2)Sc2ccccc2N4c2ccccc2S3)C(=O)c2ccccc21. The predicted molar refractivity (Wildman–Crippen MR) is 146 cm³/mol. The quantitative estimate of drug-likeness (QED) is 0.164. The van der Waals surface area contributed by atoms with Crippen molar-refractivity contribution in [3.63, 3.8) is 0 Å². The van der Waals surface area contributed by atoms with Crippen molar-refractivity contribution in [2.24, 2.45) is 0 Å². The molecule has 0 radical (unpaired) electrons. The minimum Gasteiger partial charge on any atom is -0.306 e. The lowest BCUT2D eigenvalue weighted by Crippen LogP contribution is -2.19. The molecule has 2 heterocycles. The number of fused-ring (bicyclic) bond motifs is 5. The highest BCUT2D eigenvalue weighted by atomic mass is 32.2. The van der Waals surface area contributed by atoms with Gasteiger partial charge in [0.2, 0.25) is 0 Å². The molecule has 7 rings (SSSR count). The molecule has 0 saturated heterocycles. The second-order valence-electron chi connectivity index (χ2n) is 8.75. The lowest BCUT2D eigenvalue weighted by molar-refractivity contribution is 0.104. The molecular weight excluding hydrogens is 494 g/mol. The molecule has 172 valence electrons. The Hall–Kier alpha value is -4.49. The Labute approximate surface area is 222 Å². The van der Waals surface area contributed by atoms with Gasteiger partial charge >= 0.3 is 0 Å². The zero-order valence-corrected chi connectivity index (χ0v) is 20.9. The number of hydrogen-bond acceptors (Lipinski definition) is 6. The van der Waals surface area contributed by atoms with Crippen LogP contribution < -0.4 is 4.90 Å². The number of hydrogen-bond donors (Lipinski definition) is 0. The third kappa shape index (κ3) is 3.21. The summed E-state index contributed by atoms with van der Waals surface area (Å²) < 4.78 is 0. The van der Waals surface area contributed by atoms with E-state index < -0.39 is 0 Å². The molecule has 0 aromatic heterocycles. The number of nitrogens with zero attached hydrogens (tertiary/aromatic N) is 3. The van der Waals surface area contributed by atoms with Gasteiger partial charge in [-0.1, -0.05) is 72.1 Å². The zero-order chi connectivity index (χ0) is 25.1. The van der Waals surface area contributed by atoms with Gasteiger partial charge in [0.15, 0.2) is 5.78 Å². The van der Waals surface area contributed by atoms with Crippen LogP contribution in [-0.4, -0.2) is 5.78 Å². The number of nitriles is 2. The second-order valence-corrected chi connectivity index (χ2v) is 10.9. The van der Waals surface area contributed by atoms with E-state index in [0.717, 1.165) is 42.2 Å². The standard InChI is InChI=1S/C31H15N3OS2/c32-16-19(17-33)29-20-7-1-2-8-21(20)31(35)22(29)13-18-14-27-30-28(15-18)37-26-12-6-4-10-24(26)34(30)23-9-3-5-11-25(23)36-27/h1-15H/b22-13-. The van der Waals surface area contributed by atoms with Gasteiger partial charge in [-0.2, -0.15) is 10.5 Å². The average molecular weight is 510 g/mol. The normalized spacial score (nSPS) is 15.3. The van der Waals surface area contributed by atoms with Crippen molar-refractivity contribution >= 4 is 58.0 Å². The lowest BCUT2D eigenvalue weighted by Gasteiger charge is -2.38. The van der Waals surface area contributed by atoms with Gasteiger partial charge in [-0.05, 0) is 53.6 Å². The van der Waals surface area contributed by atoms with Crippen molar-refractivity contribution in [2.75, 3.05) is 4.90 Å². The van der Waals surface area contributed by atoms with E-state index in [9.17, 15) is 15.3 Å². The third-order valence-corrected chi connectivity index (χ3v) is 8.87. The molecular formula is C31H15N3OS2. The molecule has 1 aliphatic carbocycles. The van der Waals surface area contributed by atoms with Crippen molar-refractivity contribution in [3.8, 4) is 12.1 Å². The molecule has 0 bridgehead atoms. The van der Waals surface area contributed by atoms with Crippen LogP contribution in [0.25, 0.3) is 11.6 Å². The van der Waals surface area contributed by atoms with Crippen LogP contribution in [0.5, 0.6) is 0 Å². The Balaban J connectivity index is 1.45. The van der Waals surface area contributed by atoms with Crippen molar-refractivity contribution in [2.45, 2.75) is 19.6 Å². The Morgan fingerprint density at radius 3 is 1.86 bits per heavy atom. The molecule has 0 saturated carbocycles. The van der Waals surface area contributed by atoms with E-state index in [0.29, 0.717) is 22.3 Å². The molecule has 3 aliphatic rings. The molecule has 0 amide bonds. The third-order valence-electron chi connectivity index (χ3n) is 6.68. The van der Waals surface area contributed by atoms with E-state index in [1.807, 2.05) is 36.4 Å². The van der Waals surface area contributed by atoms with Gasteiger partial charge in [0.25, 0.3) is 0 Å². The Bertz CT molecular complexity index is 1750. The molecule has 0 fully saturated rings. The predicted octanol–water partition coefficient (Wildman–Crippen LogP) is 8.17. The van der Waals surface area contributed by atoms with E-state index in [1.165, 1.54) is 0 Å². The Kier molecular flexibility index (Phi) is 4.87. The second kappa shape index (κ2) is 8.28. The number of carbonyl (C=O) groups excluding carboxylic acids is 1. The van der Waals surface area contributed by atoms with Gasteiger partial charge in [-0.25, -0.2) is 0 Å². The number of rotatable bonds is 1. The van der Waals surface area contributed by atoms with Crippen LogP contribution in [0.15, 0.2) is 116 Å². The van der Waals surface area contributed by atoms with Crippen LogP contribution in [0, 0.1) is 22.7 Å². The van der Waals surface area contributed by atoms with E-state index in [-0.39, 0.29) is 11.4 Å². The van der Waals surface area contributed by atoms with Crippen LogP contribution in [0.2, 0.25) is 0 Å². The maximum atomic E-state index is 13.4. The zero-order valence-electron chi connectivity index (χ0n) is 19.2. The molecule has 4 aromatic carbocycles. The summed E-state index contributed by atoms with van der Waals surface area (Å²) in [5.41, 5.74) is 6.19. The van der Waals surface area contributed by atoms with E-state index in [4.69, 9.17) is 0 Å². The highest BCUT2D eigenvalue weighted by Gasteiger charge is 2.34. The first-order valence-corrected chi connectivity index (χ1v) is 13.2.